The number of hydrogen-bond acceptors (Lipinski definition) is 6. The molecule has 3 rings (SSSR count). The van der Waals surface area contributed by atoms with Crippen LogP contribution in [-0.2, 0) is 10.0 Å². The van der Waals surface area contributed by atoms with Gasteiger partial charge in [0.15, 0.2) is 0 Å². The lowest BCUT2D eigenvalue weighted by molar-refractivity contribution is 0.331. The molecule has 2 aromatic carbocycles. The van der Waals surface area contributed by atoms with Crippen LogP contribution in [-0.4, -0.2) is 30.7 Å². The maximum absolute atomic E-state index is 14.4. The monoisotopic (exact) mass is 438 g/mol. The molecule has 0 saturated carbocycles. The number of nitrogens with zero attached hydrogens (tertiary/aromatic N) is 2. The standard InChI is InChI=1S/C19H20ClFN4O3S/c1-3-9-29(26,27)25-16-8-6-14(21)18(17(16)20)24-12-5-7-15-13(10-12)19(28-4-2)23-11-22-15/h5-8,10-11,24-25H,3-4,9H2,1-2H3. The quantitative estimate of drug-likeness (QED) is 0.528. The van der Waals surface area contributed by atoms with Crippen molar-refractivity contribution in [1.29, 1.82) is 0 Å². The molecular weight excluding hydrogens is 419 g/mol. The van der Waals surface area contributed by atoms with Crippen LogP contribution in [0.5, 0.6) is 5.88 Å². The summed E-state index contributed by atoms with van der Waals surface area (Å²) < 4.78 is 46.4. The van der Waals surface area contributed by atoms with Crippen LogP contribution in [0.4, 0.5) is 21.5 Å². The van der Waals surface area contributed by atoms with E-state index in [0.29, 0.717) is 35.5 Å². The van der Waals surface area contributed by atoms with Crippen molar-refractivity contribution < 1.29 is 17.5 Å². The van der Waals surface area contributed by atoms with Crippen molar-refractivity contribution in [2.45, 2.75) is 20.3 Å². The molecule has 0 aliphatic rings. The highest BCUT2D eigenvalue weighted by Gasteiger charge is 2.17. The Morgan fingerprint density at radius 1 is 1.17 bits per heavy atom. The Morgan fingerprint density at radius 2 is 1.97 bits per heavy atom. The Bertz CT molecular complexity index is 1140. The molecule has 10 heteroatoms. The maximum atomic E-state index is 14.4. The lowest BCUT2D eigenvalue weighted by Gasteiger charge is -2.15. The molecule has 0 fully saturated rings. The topological polar surface area (TPSA) is 93.2 Å². The molecule has 154 valence electrons. The number of anilines is 3. The van der Waals surface area contributed by atoms with Crippen molar-refractivity contribution in [2.24, 2.45) is 0 Å². The van der Waals surface area contributed by atoms with Crippen molar-refractivity contribution in [3.63, 3.8) is 0 Å². The van der Waals surface area contributed by atoms with Crippen molar-refractivity contribution in [3.05, 3.63) is 47.5 Å². The Hall–Kier alpha value is -2.65. The largest absolute Gasteiger partial charge is 0.477 e. The first-order chi connectivity index (χ1) is 13.8. The molecule has 0 spiro atoms. The van der Waals surface area contributed by atoms with Crippen molar-refractivity contribution in [2.75, 3.05) is 22.4 Å². The summed E-state index contributed by atoms with van der Waals surface area (Å²) in [7, 11) is -3.57. The van der Waals surface area contributed by atoms with Gasteiger partial charge >= 0.3 is 0 Å². The zero-order chi connectivity index (χ0) is 21.0. The number of benzene rings is 2. The van der Waals surface area contributed by atoms with E-state index in [-0.39, 0.29) is 22.2 Å². The van der Waals surface area contributed by atoms with Gasteiger partial charge in [0.25, 0.3) is 0 Å². The molecule has 3 aromatic rings. The van der Waals surface area contributed by atoms with Gasteiger partial charge in [-0.25, -0.2) is 22.8 Å². The van der Waals surface area contributed by atoms with Crippen LogP contribution in [0.1, 0.15) is 20.3 Å². The summed E-state index contributed by atoms with van der Waals surface area (Å²) in [4.78, 5) is 8.30. The second-order valence-electron chi connectivity index (χ2n) is 6.17. The van der Waals surface area contributed by atoms with E-state index in [0.717, 1.165) is 6.07 Å². The smallest absolute Gasteiger partial charge is 0.232 e. The van der Waals surface area contributed by atoms with Gasteiger partial charge in [-0.2, -0.15) is 0 Å². The summed E-state index contributed by atoms with van der Waals surface area (Å²) in [5.41, 5.74) is 1.24. The normalized spacial score (nSPS) is 11.4. The predicted molar refractivity (Wildman–Crippen MR) is 113 cm³/mol. The van der Waals surface area contributed by atoms with Crippen LogP contribution >= 0.6 is 11.6 Å². The van der Waals surface area contributed by atoms with Gasteiger partial charge in [0.1, 0.15) is 12.1 Å². The fraction of sp³-hybridized carbons (Fsp3) is 0.263. The maximum Gasteiger partial charge on any atom is 0.232 e. The highest BCUT2D eigenvalue weighted by molar-refractivity contribution is 7.92. The zero-order valence-corrected chi connectivity index (χ0v) is 17.4. The number of fused-ring (bicyclic) bond motifs is 1. The SMILES string of the molecule is CCCS(=O)(=O)Nc1ccc(F)c(Nc2ccc3ncnc(OCC)c3c2)c1Cl. The first-order valence-corrected chi connectivity index (χ1v) is 11.0. The summed E-state index contributed by atoms with van der Waals surface area (Å²) >= 11 is 6.29. The van der Waals surface area contributed by atoms with E-state index >= 15 is 0 Å². The third-order valence-electron chi connectivity index (χ3n) is 3.98. The molecule has 29 heavy (non-hydrogen) atoms. The molecule has 0 atom stereocenters. The van der Waals surface area contributed by atoms with Gasteiger partial charge in [0.05, 0.1) is 39.7 Å². The molecule has 0 saturated heterocycles. The van der Waals surface area contributed by atoms with E-state index in [9.17, 15) is 12.8 Å². The van der Waals surface area contributed by atoms with Crippen molar-refractivity contribution in [3.8, 4) is 5.88 Å². The minimum atomic E-state index is -3.57. The predicted octanol–water partition coefficient (Wildman–Crippen LogP) is 4.72. The molecule has 0 aliphatic carbocycles. The summed E-state index contributed by atoms with van der Waals surface area (Å²) in [5.74, 6) is -0.273. The van der Waals surface area contributed by atoms with E-state index in [1.807, 2.05) is 6.92 Å². The average molecular weight is 439 g/mol. The van der Waals surface area contributed by atoms with Crippen LogP contribution in [0.15, 0.2) is 36.7 Å². The molecule has 2 N–H and O–H groups in total. The minimum Gasteiger partial charge on any atom is -0.477 e. The van der Waals surface area contributed by atoms with E-state index in [1.54, 1.807) is 25.1 Å². The first kappa shape index (κ1) is 21.1. The Balaban J connectivity index is 1.97. The van der Waals surface area contributed by atoms with Crippen LogP contribution in [0, 0.1) is 5.82 Å². The number of ether oxygens (including phenoxy) is 1. The van der Waals surface area contributed by atoms with E-state index in [2.05, 4.69) is 20.0 Å². The van der Waals surface area contributed by atoms with Gasteiger partial charge in [-0.05, 0) is 43.7 Å². The molecule has 1 heterocycles. The second kappa shape index (κ2) is 8.79. The summed E-state index contributed by atoms with van der Waals surface area (Å²) in [5, 5.41) is 3.49. The second-order valence-corrected chi connectivity index (χ2v) is 8.39. The molecule has 0 aliphatic heterocycles. The highest BCUT2D eigenvalue weighted by Crippen LogP contribution is 2.36. The molecule has 0 radical (unpaired) electrons. The van der Waals surface area contributed by atoms with Crippen molar-refractivity contribution in [1.82, 2.24) is 9.97 Å². The first-order valence-electron chi connectivity index (χ1n) is 8.97. The molecule has 0 unspecified atom stereocenters. The molecular formula is C19H20ClFN4O3S. The van der Waals surface area contributed by atoms with E-state index < -0.39 is 15.8 Å². The lowest BCUT2D eigenvalue weighted by atomic mass is 10.2. The Kier molecular flexibility index (Phi) is 6.39. The number of rotatable bonds is 8. The fourth-order valence-electron chi connectivity index (χ4n) is 2.74. The molecule has 1 aromatic heterocycles. The fourth-order valence-corrected chi connectivity index (χ4v) is 4.19. The van der Waals surface area contributed by atoms with Crippen LogP contribution in [0.25, 0.3) is 10.9 Å². The lowest BCUT2D eigenvalue weighted by Crippen LogP contribution is -2.16. The van der Waals surface area contributed by atoms with Gasteiger partial charge in [-0.3, -0.25) is 4.72 Å². The Labute approximate surface area is 173 Å². The number of halogens is 2. The van der Waals surface area contributed by atoms with Crippen molar-refractivity contribution >= 4 is 49.6 Å². The molecule has 0 bridgehead atoms. The number of aromatic nitrogens is 2. The summed E-state index contributed by atoms with van der Waals surface area (Å²) in [6.07, 6.45) is 1.85. The Morgan fingerprint density at radius 3 is 2.69 bits per heavy atom. The highest BCUT2D eigenvalue weighted by atomic mass is 35.5. The number of nitrogens with one attached hydrogen (secondary N) is 2. The minimum absolute atomic E-state index is 0.0440. The average Bonchev–Trinajstić information content (AvgIpc) is 2.68. The zero-order valence-electron chi connectivity index (χ0n) is 15.9. The van der Waals surface area contributed by atoms with Gasteiger partial charge in [-0.15, -0.1) is 0 Å². The molecule has 7 nitrogen and oxygen atoms in total. The van der Waals surface area contributed by atoms with Gasteiger partial charge in [0.2, 0.25) is 15.9 Å². The van der Waals surface area contributed by atoms with E-state index in [4.69, 9.17) is 16.3 Å². The molecule has 0 amide bonds. The summed E-state index contributed by atoms with van der Waals surface area (Å²) in [6, 6.07) is 7.59. The van der Waals surface area contributed by atoms with Crippen LogP contribution < -0.4 is 14.8 Å². The van der Waals surface area contributed by atoms with Gasteiger partial charge in [-0.1, -0.05) is 18.5 Å². The summed E-state index contributed by atoms with van der Waals surface area (Å²) in [6.45, 7) is 4.03. The van der Waals surface area contributed by atoms with Crippen LogP contribution in [0.3, 0.4) is 0 Å². The third kappa shape index (κ3) is 4.86. The number of sulfonamides is 1. The van der Waals surface area contributed by atoms with Crippen LogP contribution in [0.2, 0.25) is 5.02 Å². The van der Waals surface area contributed by atoms with Gasteiger partial charge < -0.3 is 10.1 Å². The van der Waals surface area contributed by atoms with E-state index in [1.165, 1.54) is 12.4 Å². The number of hydrogen-bond donors (Lipinski definition) is 2. The third-order valence-corrected chi connectivity index (χ3v) is 5.85. The van der Waals surface area contributed by atoms with Gasteiger partial charge in [0, 0.05) is 5.69 Å².